The number of hydrogen-bond donors (Lipinski definition) is 1. The third kappa shape index (κ3) is 3.17. The SMILES string of the molecule is C=CCNC(=O)c1ccc2c(c1)C[C@@H](C)N2S(=O)(=O)c1ccccc1. The number of fused-ring (bicyclic) bond motifs is 1. The molecule has 130 valence electrons. The summed E-state index contributed by atoms with van der Waals surface area (Å²) in [6, 6.07) is 13.3. The molecule has 1 atom stereocenters. The van der Waals surface area contributed by atoms with E-state index in [0.29, 0.717) is 24.2 Å². The van der Waals surface area contributed by atoms with Crippen molar-refractivity contribution in [2.24, 2.45) is 0 Å². The molecule has 5 nitrogen and oxygen atoms in total. The molecule has 1 heterocycles. The van der Waals surface area contributed by atoms with Crippen molar-refractivity contribution in [3.05, 3.63) is 72.3 Å². The van der Waals surface area contributed by atoms with E-state index >= 15 is 0 Å². The van der Waals surface area contributed by atoms with E-state index in [0.717, 1.165) is 5.56 Å². The molecular weight excluding hydrogens is 336 g/mol. The lowest BCUT2D eigenvalue weighted by Gasteiger charge is -2.24. The molecule has 0 radical (unpaired) electrons. The fourth-order valence-corrected chi connectivity index (χ4v) is 4.80. The summed E-state index contributed by atoms with van der Waals surface area (Å²) in [5.74, 6) is -0.195. The van der Waals surface area contributed by atoms with Gasteiger partial charge in [0.05, 0.1) is 10.6 Å². The van der Waals surface area contributed by atoms with Gasteiger partial charge in [0.25, 0.3) is 15.9 Å². The predicted octanol–water partition coefficient (Wildman–Crippen LogP) is 2.74. The Bertz CT molecular complexity index is 908. The number of amides is 1. The Balaban J connectivity index is 1.97. The maximum Gasteiger partial charge on any atom is 0.264 e. The molecule has 0 spiro atoms. The number of carbonyl (C=O) groups excluding carboxylic acids is 1. The van der Waals surface area contributed by atoms with Crippen molar-refractivity contribution in [1.82, 2.24) is 5.32 Å². The molecule has 1 amide bonds. The van der Waals surface area contributed by atoms with Gasteiger partial charge in [-0.1, -0.05) is 24.3 Å². The molecule has 2 aromatic rings. The number of sulfonamides is 1. The minimum absolute atomic E-state index is 0.195. The van der Waals surface area contributed by atoms with Gasteiger partial charge in [-0.2, -0.15) is 0 Å². The lowest BCUT2D eigenvalue weighted by Crippen LogP contribution is -2.35. The van der Waals surface area contributed by atoms with Crippen LogP contribution in [0, 0.1) is 0 Å². The summed E-state index contributed by atoms with van der Waals surface area (Å²) >= 11 is 0. The molecule has 0 saturated heterocycles. The number of carbonyl (C=O) groups is 1. The largest absolute Gasteiger partial charge is 0.349 e. The summed E-state index contributed by atoms with van der Waals surface area (Å²) in [5, 5.41) is 2.73. The van der Waals surface area contributed by atoms with E-state index in [-0.39, 0.29) is 16.8 Å². The molecule has 0 aliphatic carbocycles. The van der Waals surface area contributed by atoms with Crippen LogP contribution in [0.5, 0.6) is 0 Å². The number of nitrogens with zero attached hydrogens (tertiary/aromatic N) is 1. The molecular formula is C19H20N2O3S. The van der Waals surface area contributed by atoms with Crippen molar-refractivity contribution in [2.75, 3.05) is 10.8 Å². The number of nitrogens with one attached hydrogen (secondary N) is 1. The monoisotopic (exact) mass is 356 g/mol. The summed E-state index contributed by atoms with van der Waals surface area (Å²) < 4.78 is 27.5. The molecule has 1 aliphatic heterocycles. The quantitative estimate of drug-likeness (QED) is 0.838. The zero-order valence-electron chi connectivity index (χ0n) is 14.0. The van der Waals surface area contributed by atoms with Crippen molar-refractivity contribution in [3.8, 4) is 0 Å². The third-order valence-electron chi connectivity index (χ3n) is 4.20. The highest BCUT2D eigenvalue weighted by atomic mass is 32.2. The Morgan fingerprint density at radius 2 is 2.00 bits per heavy atom. The van der Waals surface area contributed by atoms with Crippen LogP contribution in [0.2, 0.25) is 0 Å². The summed E-state index contributed by atoms with van der Waals surface area (Å²) in [6.07, 6.45) is 2.19. The first-order valence-corrected chi connectivity index (χ1v) is 9.50. The van der Waals surface area contributed by atoms with Crippen LogP contribution in [0.15, 0.2) is 66.1 Å². The van der Waals surface area contributed by atoms with Gasteiger partial charge in [0, 0.05) is 18.2 Å². The van der Waals surface area contributed by atoms with Gasteiger partial charge in [0.15, 0.2) is 0 Å². The zero-order chi connectivity index (χ0) is 18.0. The van der Waals surface area contributed by atoms with E-state index in [2.05, 4.69) is 11.9 Å². The van der Waals surface area contributed by atoms with Gasteiger partial charge >= 0.3 is 0 Å². The first-order chi connectivity index (χ1) is 11.9. The van der Waals surface area contributed by atoms with E-state index in [1.54, 1.807) is 54.6 Å². The number of rotatable bonds is 5. The van der Waals surface area contributed by atoms with Gasteiger partial charge in [0.1, 0.15) is 0 Å². The van der Waals surface area contributed by atoms with Crippen molar-refractivity contribution >= 4 is 21.6 Å². The van der Waals surface area contributed by atoms with Gasteiger partial charge in [-0.15, -0.1) is 6.58 Å². The van der Waals surface area contributed by atoms with E-state index in [1.165, 1.54) is 4.31 Å². The van der Waals surface area contributed by atoms with Gasteiger partial charge < -0.3 is 5.32 Å². The lowest BCUT2D eigenvalue weighted by molar-refractivity contribution is 0.0958. The second-order valence-electron chi connectivity index (χ2n) is 6.01. The Kier molecular flexibility index (Phi) is 4.63. The highest BCUT2D eigenvalue weighted by molar-refractivity contribution is 7.92. The Morgan fingerprint density at radius 3 is 2.68 bits per heavy atom. The average Bonchev–Trinajstić information content (AvgIpc) is 2.95. The average molecular weight is 356 g/mol. The summed E-state index contributed by atoms with van der Waals surface area (Å²) in [7, 11) is -3.63. The topological polar surface area (TPSA) is 66.5 Å². The van der Waals surface area contributed by atoms with Crippen LogP contribution in [0.25, 0.3) is 0 Å². The molecule has 2 aromatic carbocycles. The Morgan fingerprint density at radius 1 is 1.28 bits per heavy atom. The van der Waals surface area contributed by atoms with Crippen LogP contribution >= 0.6 is 0 Å². The zero-order valence-corrected chi connectivity index (χ0v) is 14.8. The van der Waals surface area contributed by atoms with Crippen molar-refractivity contribution in [3.63, 3.8) is 0 Å². The van der Waals surface area contributed by atoms with Crippen molar-refractivity contribution in [2.45, 2.75) is 24.3 Å². The number of hydrogen-bond acceptors (Lipinski definition) is 3. The van der Waals surface area contributed by atoms with Crippen LogP contribution < -0.4 is 9.62 Å². The highest BCUT2D eigenvalue weighted by Gasteiger charge is 2.36. The van der Waals surface area contributed by atoms with Crippen LogP contribution in [0.4, 0.5) is 5.69 Å². The molecule has 1 N–H and O–H groups in total. The van der Waals surface area contributed by atoms with Crippen LogP contribution in [-0.2, 0) is 16.4 Å². The van der Waals surface area contributed by atoms with Crippen LogP contribution in [0.1, 0.15) is 22.8 Å². The maximum absolute atomic E-state index is 13.0. The van der Waals surface area contributed by atoms with Crippen LogP contribution in [0.3, 0.4) is 0 Å². The summed E-state index contributed by atoms with van der Waals surface area (Å²) in [4.78, 5) is 12.4. The summed E-state index contributed by atoms with van der Waals surface area (Å²) in [6.45, 7) is 5.83. The van der Waals surface area contributed by atoms with Gasteiger partial charge in [-0.3, -0.25) is 9.10 Å². The second-order valence-corrected chi connectivity index (χ2v) is 7.82. The molecule has 0 bridgehead atoms. The van der Waals surface area contributed by atoms with E-state index in [1.807, 2.05) is 6.92 Å². The first-order valence-electron chi connectivity index (χ1n) is 8.06. The van der Waals surface area contributed by atoms with E-state index in [9.17, 15) is 13.2 Å². The normalized spacial score (nSPS) is 16.4. The minimum Gasteiger partial charge on any atom is -0.349 e. The molecule has 0 saturated carbocycles. The molecule has 1 aliphatic rings. The minimum atomic E-state index is -3.63. The Hall–Kier alpha value is -2.60. The van der Waals surface area contributed by atoms with Crippen LogP contribution in [-0.4, -0.2) is 26.9 Å². The number of benzene rings is 2. The van der Waals surface area contributed by atoms with E-state index in [4.69, 9.17) is 0 Å². The molecule has 6 heteroatoms. The van der Waals surface area contributed by atoms with Gasteiger partial charge in [-0.25, -0.2) is 8.42 Å². The van der Waals surface area contributed by atoms with Gasteiger partial charge in [0.2, 0.25) is 0 Å². The van der Waals surface area contributed by atoms with Crippen molar-refractivity contribution < 1.29 is 13.2 Å². The smallest absolute Gasteiger partial charge is 0.264 e. The second kappa shape index (κ2) is 6.72. The standard InChI is InChI=1S/C19H20N2O3S/c1-3-11-20-19(22)15-9-10-18-16(13-15)12-14(2)21(18)25(23,24)17-7-5-4-6-8-17/h3-10,13-14H,1,11-12H2,2H3,(H,20,22)/t14-/m1/s1. The van der Waals surface area contributed by atoms with Gasteiger partial charge in [-0.05, 0) is 49.2 Å². The number of anilines is 1. The highest BCUT2D eigenvalue weighted by Crippen LogP contribution is 2.37. The predicted molar refractivity (Wildman–Crippen MR) is 98.2 cm³/mol. The van der Waals surface area contributed by atoms with E-state index < -0.39 is 10.0 Å². The fraction of sp³-hybridized carbons (Fsp3) is 0.211. The Labute approximate surface area is 148 Å². The molecule has 0 aromatic heterocycles. The first kappa shape index (κ1) is 17.2. The van der Waals surface area contributed by atoms with Crippen molar-refractivity contribution in [1.29, 1.82) is 0 Å². The molecule has 0 unspecified atom stereocenters. The lowest BCUT2D eigenvalue weighted by atomic mass is 10.1. The third-order valence-corrected chi connectivity index (χ3v) is 6.14. The molecule has 25 heavy (non-hydrogen) atoms. The molecule has 3 rings (SSSR count). The molecule has 0 fully saturated rings. The fourth-order valence-electron chi connectivity index (χ4n) is 3.08. The maximum atomic E-state index is 13.0. The summed E-state index contributed by atoms with van der Waals surface area (Å²) in [5.41, 5.74) is 2.02.